The largest absolute Gasteiger partial charge is 0.495 e. The predicted molar refractivity (Wildman–Crippen MR) is 211 cm³/mol. The first-order chi connectivity index (χ1) is 26.6. The molecule has 2 heterocycles. The molecule has 0 unspecified atom stereocenters. The zero-order valence-electron chi connectivity index (χ0n) is 32.2. The quantitative estimate of drug-likeness (QED) is 0.0953. The van der Waals surface area contributed by atoms with Gasteiger partial charge in [0.2, 0.25) is 10.0 Å². The van der Waals surface area contributed by atoms with E-state index < -0.39 is 34.3 Å². The highest BCUT2D eigenvalue weighted by Gasteiger charge is 2.52. The number of hydrogen-bond acceptors (Lipinski definition) is 9. The van der Waals surface area contributed by atoms with Crippen LogP contribution in [0.15, 0.2) is 83.3 Å². The Bertz CT molecular complexity index is 2390. The van der Waals surface area contributed by atoms with E-state index in [0.29, 0.717) is 50.4 Å². The van der Waals surface area contributed by atoms with Crippen LogP contribution in [0, 0.1) is 5.82 Å². The molecule has 1 saturated heterocycles. The average Bonchev–Trinajstić information content (AvgIpc) is 3.91. The number of amides is 1. The van der Waals surface area contributed by atoms with Crippen molar-refractivity contribution in [3.8, 4) is 22.8 Å². The second kappa shape index (κ2) is 15.1. The third-order valence-electron chi connectivity index (χ3n) is 10.8. The Hall–Kier alpha value is -5.02. The van der Waals surface area contributed by atoms with Crippen LogP contribution in [0.4, 0.5) is 4.39 Å². The van der Waals surface area contributed by atoms with Crippen molar-refractivity contribution in [3.63, 3.8) is 0 Å². The molecule has 7 rings (SSSR count). The topological polar surface area (TPSA) is 142 Å². The lowest BCUT2D eigenvalue weighted by Crippen LogP contribution is -2.41. The molecule has 0 atom stereocenters. The number of aryl methyl sites for hydroxylation is 1. The van der Waals surface area contributed by atoms with Crippen LogP contribution in [0.3, 0.4) is 0 Å². The molecule has 0 spiro atoms. The van der Waals surface area contributed by atoms with Crippen molar-refractivity contribution < 1.29 is 45.6 Å². The Kier molecular flexibility index (Phi) is 10.6. The SMILES string of the molecule is CNC(=O)c1c(-c2ccc(Oc3ccc(F)cc3)cc2)oc2cc(CCS(=O)(=O)NCc3ccc(B4OC(C)(C)C(C)(C)O4)c(C(=O)OC)c3)c(C3CC3)cc12. The number of esters is 1. The lowest BCUT2D eigenvalue weighted by atomic mass is 9.75. The van der Waals surface area contributed by atoms with Gasteiger partial charge in [-0.05, 0) is 142 Å². The second-order valence-electron chi connectivity index (χ2n) is 15.2. The fourth-order valence-electron chi connectivity index (χ4n) is 6.74. The zero-order valence-corrected chi connectivity index (χ0v) is 33.0. The first-order valence-corrected chi connectivity index (χ1v) is 20.1. The maximum atomic E-state index is 13.4. The van der Waals surface area contributed by atoms with Crippen LogP contribution in [0.2, 0.25) is 0 Å². The maximum Gasteiger partial charge on any atom is 0.495 e. The normalized spacial score (nSPS) is 16.2. The van der Waals surface area contributed by atoms with Crippen molar-refractivity contribution in [2.75, 3.05) is 19.9 Å². The third kappa shape index (κ3) is 8.10. The Morgan fingerprint density at radius 1 is 0.911 bits per heavy atom. The lowest BCUT2D eigenvalue weighted by Gasteiger charge is -2.32. The van der Waals surface area contributed by atoms with E-state index >= 15 is 0 Å². The molecule has 0 radical (unpaired) electrons. The van der Waals surface area contributed by atoms with Gasteiger partial charge < -0.3 is 28.5 Å². The summed E-state index contributed by atoms with van der Waals surface area (Å²) in [6, 6.07) is 21.6. The highest BCUT2D eigenvalue weighted by Crippen LogP contribution is 2.45. The van der Waals surface area contributed by atoms with E-state index in [1.54, 1.807) is 49.5 Å². The average molecular weight is 783 g/mol. The minimum Gasteiger partial charge on any atom is -0.465 e. The summed E-state index contributed by atoms with van der Waals surface area (Å²) < 4.78 is 72.4. The van der Waals surface area contributed by atoms with E-state index in [0.717, 1.165) is 24.0 Å². The van der Waals surface area contributed by atoms with E-state index in [1.807, 2.05) is 39.8 Å². The number of ether oxygens (including phenoxy) is 2. The number of carbonyl (C=O) groups excluding carboxylic acids is 2. The summed E-state index contributed by atoms with van der Waals surface area (Å²) in [6.07, 6.45) is 2.14. The van der Waals surface area contributed by atoms with Crippen molar-refractivity contribution in [3.05, 3.63) is 112 Å². The number of sulfonamides is 1. The summed E-state index contributed by atoms with van der Waals surface area (Å²) in [5, 5.41) is 3.37. The van der Waals surface area contributed by atoms with Crippen molar-refractivity contribution in [2.24, 2.45) is 0 Å². The van der Waals surface area contributed by atoms with E-state index in [-0.39, 0.29) is 41.9 Å². The van der Waals surface area contributed by atoms with Gasteiger partial charge in [0.15, 0.2) is 0 Å². The molecular formula is C42H44BFN2O9S. The van der Waals surface area contributed by atoms with E-state index in [9.17, 15) is 22.4 Å². The van der Waals surface area contributed by atoms with Gasteiger partial charge in [-0.2, -0.15) is 0 Å². The first kappa shape index (κ1) is 39.2. The number of methoxy groups -OCH3 is 1. The molecule has 292 valence electrons. The second-order valence-corrected chi connectivity index (χ2v) is 17.1. The number of furan rings is 1. The van der Waals surface area contributed by atoms with Gasteiger partial charge in [-0.3, -0.25) is 4.79 Å². The standard InChI is InChI=1S/C42H44BFN2O9S/c1-41(2)42(3,4)55-43(54-41)35-18-7-25(21-33(35)40(48)51-6)24-46-56(49,50)20-19-28-22-36-34(23-32(28)26-8-9-26)37(39(47)45-5)38(53-36)27-10-14-30(15-11-27)52-31-16-12-29(44)13-17-31/h7,10-18,21-23,26,46H,8-9,19-20,24H2,1-6H3,(H,45,47). The Morgan fingerprint density at radius 2 is 1.55 bits per heavy atom. The van der Waals surface area contributed by atoms with Crippen molar-refractivity contribution in [1.29, 1.82) is 0 Å². The molecule has 1 aromatic heterocycles. The number of benzene rings is 4. The van der Waals surface area contributed by atoms with Crippen LogP contribution in [-0.2, 0) is 37.0 Å². The van der Waals surface area contributed by atoms with Gasteiger partial charge in [0.25, 0.3) is 5.91 Å². The van der Waals surface area contributed by atoms with Crippen LogP contribution in [0.5, 0.6) is 11.5 Å². The number of rotatable bonds is 13. The third-order valence-corrected chi connectivity index (χ3v) is 12.1. The molecule has 14 heteroatoms. The van der Waals surface area contributed by atoms with Crippen LogP contribution in [0.1, 0.15) is 83.9 Å². The molecule has 2 aliphatic rings. The van der Waals surface area contributed by atoms with Crippen LogP contribution in [-0.4, -0.2) is 58.5 Å². The molecule has 1 aliphatic carbocycles. The summed E-state index contributed by atoms with van der Waals surface area (Å²) in [5.74, 6) is 0.168. The fourth-order valence-corrected chi connectivity index (χ4v) is 7.76. The highest BCUT2D eigenvalue weighted by molar-refractivity contribution is 7.89. The van der Waals surface area contributed by atoms with Crippen LogP contribution >= 0.6 is 0 Å². The molecule has 56 heavy (non-hydrogen) atoms. The monoisotopic (exact) mass is 782 g/mol. The van der Waals surface area contributed by atoms with Gasteiger partial charge in [-0.1, -0.05) is 12.1 Å². The van der Waals surface area contributed by atoms with Gasteiger partial charge in [-0.15, -0.1) is 0 Å². The fraction of sp³-hybridized carbons (Fsp3) is 0.333. The summed E-state index contributed by atoms with van der Waals surface area (Å²) in [5.41, 5.74) is 3.37. The van der Waals surface area contributed by atoms with Gasteiger partial charge in [-0.25, -0.2) is 22.3 Å². The Labute approximate surface area is 326 Å². The molecule has 2 N–H and O–H groups in total. The van der Waals surface area contributed by atoms with E-state index in [2.05, 4.69) is 10.0 Å². The molecule has 11 nitrogen and oxygen atoms in total. The Morgan fingerprint density at radius 3 is 2.16 bits per heavy atom. The summed E-state index contributed by atoms with van der Waals surface area (Å²) in [6.45, 7) is 7.63. The van der Waals surface area contributed by atoms with Crippen LogP contribution in [0.25, 0.3) is 22.3 Å². The number of hydrogen-bond donors (Lipinski definition) is 2. The number of fused-ring (bicyclic) bond motifs is 1. The van der Waals surface area contributed by atoms with Gasteiger partial charge in [0, 0.05) is 24.5 Å². The van der Waals surface area contributed by atoms with Crippen molar-refractivity contribution in [1.82, 2.24) is 10.0 Å². The van der Waals surface area contributed by atoms with Gasteiger partial charge >= 0.3 is 13.1 Å². The summed E-state index contributed by atoms with van der Waals surface area (Å²) >= 11 is 0. The van der Waals surface area contributed by atoms with Gasteiger partial charge in [0.1, 0.15) is 28.7 Å². The molecule has 1 amide bonds. The predicted octanol–water partition coefficient (Wildman–Crippen LogP) is 7.02. The van der Waals surface area contributed by atoms with Crippen LogP contribution < -0.4 is 20.2 Å². The molecular weight excluding hydrogens is 738 g/mol. The summed E-state index contributed by atoms with van der Waals surface area (Å²) in [4.78, 5) is 26.1. The molecule has 1 aliphatic heterocycles. The van der Waals surface area contributed by atoms with Gasteiger partial charge in [0.05, 0.1) is 35.2 Å². The molecule has 5 aromatic rings. The summed E-state index contributed by atoms with van der Waals surface area (Å²) in [7, 11) is -1.74. The van der Waals surface area contributed by atoms with E-state index in [1.165, 1.54) is 31.4 Å². The smallest absolute Gasteiger partial charge is 0.465 e. The lowest BCUT2D eigenvalue weighted by molar-refractivity contribution is 0.00578. The molecule has 0 bridgehead atoms. The maximum absolute atomic E-state index is 13.4. The molecule has 2 fully saturated rings. The van der Waals surface area contributed by atoms with E-state index in [4.69, 9.17) is 23.2 Å². The first-order valence-electron chi connectivity index (χ1n) is 18.5. The molecule has 4 aromatic carbocycles. The molecule has 1 saturated carbocycles. The highest BCUT2D eigenvalue weighted by atomic mass is 32.2. The zero-order chi connectivity index (χ0) is 40.0. The minimum atomic E-state index is -3.78. The number of nitrogens with one attached hydrogen (secondary N) is 2. The minimum absolute atomic E-state index is 0.0464. The van der Waals surface area contributed by atoms with Crippen molar-refractivity contribution in [2.45, 2.75) is 70.6 Å². The number of carbonyl (C=O) groups is 2. The van der Waals surface area contributed by atoms with Crippen molar-refractivity contribution >= 4 is 45.5 Å². The Balaban J connectivity index is 1.10. The number of halogens is 1.